The third kappa shape index (κ3) is 4.77. The largest absolute Gasteiger partial charge is 0.444 e. The van der Waals surface area contributed by atoms with Crippen molar-refractivity contribution in [3.05, 3.63) is 73.3 Å². The summed E-state index contributed by atoms with van der Waals surface area (Å²) in [6.45, 7) is 8.52. The van der Waals surface area contributed by atoms with E-state index in [1.165, 1.54) is 0 Å². The van der Waals surface area contributed by atoms with Crippen LogP contribution in [0.4, 0.5) is 10.5 Å². The summed E-state index contributed by atoms with van der Waals surface area (Å²) >= 11 is 0. The van der Waals surface area contributed by atoms with E-state index in [-0.39, 0.29) is 6.09 Å². The van der Waals surface area contributed by atoms with Crippen molar-refractivity contribution in [1.82, 2.24) is 24.8 Å². The van der Waals surface area contributed by atoms with Gasteiger partial charge >= 0.3 is 6.09 Å². The van der Waals surface area contributed by atoms with Crippen molar-refractivity contribution in [2.45, 2.75) is 26.4 Å². The van der Waals surface area contributed by atoms with Crippen LogP contribution in [0.5, 0.6) is 0 Å². The molecular formula is C30H30N6O2. The first-order valence-corrected chi connectivity index (χ1v) is 12.9. The van der Waals surface area contributed by atoms with Crippen LogP contribution in [0, 0.1) is 0 Å². The molecule has 8 nitrogen and oxygen atoms in total. The third-order valence-electron chi connectivity index (χ3n) is 6.79. The van der Waals surface area contributed by atoms with Crippen LogP contribution in [-0.4, -0.2) is 62.7 Å². The van der Waals surface area contributed by atoms with Crippen molar-refractivity contribution in [3.63, 3.8) is 0 Å². The predicted molar refractivity (Wildman–Crippen MR) is 150 cm³/mol. The number of carbonyl (C=O) groups is 1. The van der Waals surface area contributed by atoms with Gasteiger partial charge in [-0.3, -0.25) is 9.97 Å². The van der Waals surface area contributed by atoms with E-state index >= 15 is 0 Å². The number of carbonyl (C=O) groups excluding carboxylic acids is 1. The third-order valence-corrected chi connectivity index (χ3v) is 6.79. The fourth-order valence-electron chi connectivity index (χ4n) is 4.84. The number of hydrogen-bond donors (Lipinski definition) is 1. The molecule has 38 heavy (non-hydrogen) atoms. The molecule has 0 radical (unpaired) electrons. The summed E-state index contributed by atoms with van der Waals surface area (Å²) in [7, 11) is 0. The van der Waals surface area contributed by atoms with Gasteiger partial charge in [-0.25, -0.2) is 9.78 Å². The Morgan fingerprint density at radius 3 is 2.37 bits per heavy atom. The van der Waals surface area contributed by atoms with Gasteiger partial charge in [0.25, 0.3) is 0 Å². The summed E-state index contributed by atoms with van der Waals surface area (Å²) in [4.78, 5) is 33.4. The zero-order chi connectivity index (χ0) is 26.3. The number of nitrogens with one attached hydrogen (secondary N) is 1. The molecule has 6 rings (SSSR count). The second-order valence-corrected chi connectivity index (χ2v) is 10.6. The Kier molecular flexibility index (Phi) is 5.94. The highest BCUT2D eigenvalue weighted by Gasteiger charge is 2.26. The number of pyridine rings is 3. The first kappa shape index (κ1) is 23.9. The van der Waals surface area contributed by atoms with Crippen molar-refractivity contribution >= 4 is 33.7 Å². The Hall–Kier alpha value is -4.46. The first-order valence-electron chi connectivity index (χ1n) is 12.9. The molecule has 5 heterocycles. The van der Waals surface area contributed by atoms with Crippen LogP contribution in [-0.2, 0) is 4.74 Å². The molecule has 1 amide bonds. The number of rotatable bonds is 3. The fraction of sp³-hybridized carbons (Fsp3) is 0.267. The van der Waals surface area contributed by atoms with E-state index in [9.17, 15) is 4.79 Å². The molecule has 0 saturated carbocycles. The number of hydrogen-bond acceptors (Lipinski definition) is 6. The van der Waals surface area contributed by atoms with E-state index in [1.807, 2.05) is 51.5 Å². The SMILES string of the molecule is CC(C)(C)OC(=O)N1CCN(c2ccc(-c3cnc4[nH]c5cnc(-c6cccnc6)cc5c4c3)cc2)CC1. The van der Waals surface area contributed by atoms with Crippen molar-refractivity contribution in [2.75, 3.05) is 31.1 Å². The number of amides is 1. The summed E-state index contributed by atoms with van der Waals surface area (Å²) in [5.74, 6) is 0. The van der Waals surface area contributed by atoms with Crippen molar-refractivity contribution in [3.8, 4) is 22.4 Å². The Bertz CT molecular complexity index is 1600. The van der Waals surface area contributed by atoms with E-state index in [4.69, 9.17) is 9.72 Å². The highest BCUT2D eigenvalue weighted by atomic mass is 16.6. The fourth-order valence-corrected chi connectivity index (χ4v) is 4.84. The van der Waals surface area contributed by atoms with Crippen molar-refractivity contribution in [2.24, 2.45) is 0 Å². The van der Waals surface area contributed by atoms with E-state index in [0.29, 0.717) is 13.1 Å². The lowest BCUT2D eigenvalue weighted by Crippen LogP contribution is -2.50. The number of aromatic amines is 1. The number of nitrogens with zero attached hydrogens (tertiary/aromatic N) is 5. The molecule has 1 saturated heterocycles. The maximum atomic E-state index is 12.4. The number of ether oxygens (including phenoxy) is 1. The van der Waals surface area contributed by atoms with E-state index in [1.54, 1.807) is 11.1 Å². The van der Waals surface area contributed by atoms with Gasteiger partial charge in [-0.1, -0.05) is 12.1 Å². The summed E-state index contributed by atoms with van der Waals surface area (Å²) in [5.41, 5.74) is 6.49. The quantitative estimate of drug-likeness (QED) is 0.328. The van der Waals surface area contributed by atoms with E-state index in [2.05, 4.69) is 56.3 Å². The monoisotopic (exact) mass is 506 g/mol. The molecular weight excluding hydrogens is 476 g/mol. The number of benzene rings is 1. The van der Waals surface area contributed by atoms with Gasteiger partial charge in [-0.15, -0.1) is 0 Å². The number of H-pyrrole nitrogens is 1. The minimum atomic E-state index is -0.479. The van der Waals surface area contributed by atoms with Gasteiger partial charge in [-0.05, 0) is 62.7 Å². The van der Waals surface area contributed by atoms with E-state index in [0.717, 1.165) is 63.1 Å². The molecule has 5 aromatic rings. The molecule has 1 N–H and O–H groups in total. The van der Waals surface area contributed by atoms with Crippen LogP contribution in [0.3, 0.4) is 0 Å². The molecule has 0 spiro atoms. The minimum absolute atomic E-state index is 0.240. The number of anilines is 1. The average molecular weight is 507 g/mol. The highest BCUT2D eigenvalue weighted by molar-refractivity contribution is 6.07. The topological polar surface area (TPSA) is 87.2 Å². The molecule has 0 atom stereocenters. The second-order valence-electron chi connectivity index (χ2n) is 10.6. The lowest BCUT2D eigenvalue weighted by Gasteiger charge is -2.36. The molecule has 8 heteroatoms. The first-order chi connectivity index (χ1) is 18.3. The molecule has 4 aromatic heterocycles. The molecule has 1 fully saturated rings. The van der Waals surface area contributed by atoms with Gasteiger partial charge in [0.1, 0.15) is 11.2 Å². The molecule has 0 bridgehead atoms. The highest BCUT2D eigenvalue weighted by Crippen LogP contribution is 2.31. The Morgan fingerprint density at radius 1 is 0.868 bits per heavy atom. The van der Waals surface area contributed by atoms with Gasteiger partial charge in [0.2, 0.25) is 0 Å². The standard InChI is InChI=1S/C30H30N6O2/c1-30(2,3)38-29(37)36-13-11-35(12-14-36)23-8-6-20(7-9-23)22-15-25-24-16-26(21-5-4-10-31-17-21)32-19-27(24)34-28(25)33-18-22/h4-10,15-19H,11-14H2,1-3H3,(H,33,34). The zero-order valence-electron chi connectivity index (χ0n) is 21.8. The molecule has 192 valence electrons. The van der Waals surface area contributed by atoms with Crippen molar-refractivity contribution < 1.29 is 9.53 Å². The van der Waals surface area contributed by atoms with Gasteiger partial charge < -0.3 is 19.5 Å². The molecule has 1 aliphatic heterocycles. The van der Waals surface area contributed by atoms with Gasteiger partial charge in [-0.2, -0.15) is 0 Å². The average Bonchev–Trinajstić information content (AvgIpc) is 3.30. The molecule has 0 unspecified atom stereocenters. The predicted octanol–water partition coefficient (Wildman–Crippen LogP) is 5.90. The van der Waals surface area contributed by atoms with Crippen molar-refractivity contribution in [1.29, 1.82) is 0 Å². The summed E-state index contributed by atoms with van der Waals surface area (Å²) < 4.78 is 5.52. The Morgan fingerprint density at radius 2 is 1.66 bits per heavy atom. The van der Waals surface area contributed by atoms with E-state index < -0.39 is 5.60 Å². The maximum absolute atomic E-state index is 12.4. The van der Waals surface area contributed by atoms with Crippen LogP contribution >= 0.6 is 0 Å². The molecule has 0 aliphatic carbocycles. The van der Waals surface area contributed by atoms with Crippen LogP contribution in [0.25, 0.3) is 44.3 Å². The number of fused-ring (bicyclic) bond motifs is 3. The van der Waals surface area contributed by atoms with Gasteiger partial charge in [0.15, 0.2) is 0 Å². The summed E-state index contributed by atoms with van der Waals surface area (Å²) in [5, 5.41) is 2.15. The van der Waals surface area contributed by atoms with Crippen LogP contribution in [0.2, 0.25) is 0 Å². The summed E-state index contributed by atoms with van der Waals surface area (Å²) in [6.07, 6.45) is 7.11. The normalized spacial score (nSPS) is 14.3. The number of aromatic nitrogens is 4. The second kappa shape index (κ2) is 9.45. The van der Waals surface area contributed by atoms with Crippen LogP contribution in [0.1, 0.15) is 20.8 Å². The summed E-state index contributed by atoms with van der Waals surface area (Å²) in [6, 6.07) is 16.8. The van der Waals surface area contributed by atoms with Crippen LogP contribution in [0.15, 0.2) is 73.3 Å². The number of piperazine rings is 1. The van der Waals surface area contributed by atoms with Gasteiger partial charge in [0.05, 0.1) is 17.4 Å². The maximum Gasteiger partial charge on any atom is 0.410 e. The Labute approximate surface area is 221 Å². The Balaban J connectivity index is 1.21. The zero-order valence-corrected chi connectivity index (χ0v) is 21.8. The lowest BCUT2D eigenvalue weighted by molar-refractivity contribution is 0.0240. The molecule has 1 aromatic carbocycles. The smallest absolute Gasteiger partial charge is 0.410 e. The van der Waals surface area contributed by atoms with Crippen LogP contribution < -0.4 is 4.90 Å². The van der Waals surface area contributed by atoms with Gasteiger partial charge in [0, 0.05) is 72.4 Å². The molecule has 1 aliphatic rings. The minimum Gasteiger partial charge on any atom is -0.444 e. The lowest BCUT2D eigenvalue weighted by atomic mass is 10.0.